The maximum absolute atomic E-state index is 13.6. The number of halogens is 3. The van der Waals surface area contributed by atoms with Gasteiger partial charge in [-0.05, 0) is 29.8 Å². The number of aliphatic hydroxyl groups excluding tert-OH is 1. The van der Waals surface area contributed by atoms with Crippen LogP contribution in [0.3, 0.4) is 0 Å². The molecule has 0 aromatic heterocycles. The van der Waals surface area contributed by atoms with Gasteiger partial charge in [0.05, 0.1) is 12.6 Å². The fraction of sp³-hybridized carbons (Fsp3) is 0.143. The highest BCUT2D eigenvalue weighted by molar-refractivity contribution is 7.89. The van der Waals surface area contributed by atoms with E-state index in [1.807, 2.05) is 0 Å². The van der Waals surface area contributed by atoms with Crippen molar-refractivity contribution in [2.45, 2.75) is 10.9 Å². The summed E-state index contributed by atoms with van der Waals surface area (Å²) in [7, 11) is -4.34. The van der Waals surface area contributed by atoms with Gasteiger partial charge in [0.2, 0.25) is 10.0 Å². The van der Waals surface area contributed by atoms with Crippen LogP contribution in [0.15, 0.2) is 47.4 Å². The van der Waals surface area contributed by atoms with Crippen molar-refractivity contribution < 1.29 is 22.3 Å². The van der Waals surface area contributed by atoms with Gasteiger partial charge in [-0.3, -0.25) is 0 Å². The summed E-state index contributed by atoms with van der Waals surface area (Å²) >= 11 is 5.73. The minimum absolute atomic E-state index is 0.437. The van der Waals surface area contributed by atoms with Gasteiger partial charge in [-0.2, -0.15) is 0 Å². The second-order valence-electron chi connectivity index (χ2n) is 4.46. The molecule has 0 fully saturated rings. The quantitative estimate of drug-likeness (QED) is 0.873. The van der Waals surface area contributed by atoms with Crippen LogP contribution in [0, 0.1) is 11.6 Å². The summed E-state index contributed by atoms with van der Waals surface area (Å²) in [4.78, 5) is -0.820. The number of hydrogen-bond donors (Lipinski definition) is 2. The second kappa shape index (κ2) is 6.70. The highest BCUT2D eigenvalue weighted by Gasteiger charge is 2.25. The van der Waals surface area contributed by atoms with Crippen LogP contribution in [0.4, 0.5) is 8.78 Å². The molecule has 0 aliphatic rings. The van der Waals surface area contributed by atoms with E-state index >= 15 is 0 Å². The predicted molar refractivity (Wildman–Crippen MR) is 78.0 cm³/mol. The lowest BCUT2D eigenvalue weighted by Gasteiger charge is -2.17. The third-order valence-corrected chi connectivity index (χ3v) is 4.70. The van der Waals surface area contributed by atoms with Crippen molar-refractivity contribution in [3.05, 3.63) is 64.7 Å². The molecule has 1 atom stereocenters. The summed E-state index contributed by atoms with van der Waals surface area (Å²) in [6.45, 7) is -0.558. The molecule has 2 aromatic rings. The zero-order valence-corrected chi connectivity index (χ0v) is 12.7. The molecule has 2 N–H and O–H groups in total. The summed E-state index contributed by atoms with van der Waals surface area (Å²) in [6.07, 6.45) is 0. The van der Waals surface area contributed by atoms with Gasteiger partial charge in [-0.25, -0.2) is 21.9 Å². The standard InChI is InChI=1S/C14H12ClF2NO3S/c15-10-6-4-9(5-7-10)12(8-19)18-22(20,21)13-3-1-2-11(16)14(13)17/h1-7,12,18-19H,8H2. The molecule has 0 aliphatic carbocycles. The van der Waals surface area contributed by atoms with Crippen molar-refractivity contribution in [3.8, 4) is 0 Å². The molecule has 2 aromatic carbocycles. The molecule has 0 saturated heterocycles. The van der Waals surface area contributed by atoms with Gasteiger partial charge in [-0.1, -0.05) is 29.8 Å². The molecule has 2 rings (SSSR count). The molecule has 118 valence electrons. The van der Waals surface area contributed by atoms with E-state index in [0.717, 1.165) is 18.2 Å². The first-order valence-corrected chi connectivity index (χ1v) is 8.04. The molecule has 4 nitrogen and oxygen atoms in total. The zero-order chi connectivity index (χ0) is 16.3. The Morgan fingerprint density at radius 1 is 1.14 bits per heavy atom. The van der Waals surface area contributed by atoms with Crippen LogP contribution in [0.1, 0.15) is 11.6 Å². The largest absolute Gasteiger partial charge is 0.394 e. The van der Waals surface area contributed by atoms with Crippen molar-refractivity contribution >= 4 is 21.6 Å². The summed E-state index contributed by atoms with van der Waals surface area (Å²) in [5.41, 5.74) is 0.437. The first-order valence-electron chi connectivity index (χ1n) is 6.18. The van der Waals surface area contributed by atoms with Crippen molar-refractivity contribution in [2.24, 2.45) is 0 Å². The van der Waals surface area contributed by atoms with Crippen molar-refractivity contribution in [1.82, 2.24) is 4.72 Å². The van der Waals surface area contributed by atoms with Gasteiger partial charge in [0, 0.05) is 5.02 Å². The highest BCUT2D eigenvalue weighted by Crippen LogP contribution is 2.21. The van der Waals surface area contributed by atoms with E-state index in [1.165, 1.54) is 24.3 Å². The number of nitrogens with one attached hydrogen (secondary N) is 1. The summed E-state index contributed by atoms with van der Waals surface area (Å²) in [6, 6.07) is 7.93. The molecule has 8 heteroatoms. The lowest BCUT2D eigenvalue weighted by molar-refractivity contribution is 0.258. The molecule has 0 radical (unpaired) electrons. The van der Waals surface area contributed by atoms with E-state index in [2.05, 4.69) is 4.72 Å². The molecular weight excluding hydrogens is 336 g/mol. The molecule has 0 bridgehead atoms. The Balaban J connectivity index is 2.33. The van der Waals surface area contributed by atoms with Crippen molar-refractivity contribution in [1.29, 1.82) is 0 Å². The predicted octanol–water partition coefficient (Wildman–Crippen LogP) is 2.63. The van der Waals surface area contributed by atoms with Gasteiger partial charge in [0.1, 0.15) is 4.90 Å². The molecule has 0 saturated carbocycles. The number of hydrogen-bond acceptors (Lipinski definition) is 3. The molecular formula is C14H12ClF2NO3S. The molecule has 1 unspecified atom stereocenters. The molecule has 0 heterocycles. The van der Waals surface area contributed by atoms with Crippen LogP contribution < -0.4 is 4.72 Å². The highest BCUT2D eigenvalue weighted by atomic mass is 35.5. The van der Waals surface area contributed by atoms with Crippen LogP contribution in [0.2, 0.25) is 5.02 Å². The van der Waals surface area contributed by atoms with E-state index in [1.54, 1.807) is 0 Å². The monoisotopic (exact) mass is 347 g/mol. The van der Waals surface area contributed by atoms with E-state index in [9.17, 15) is 22.3 Å². The Labute approximate surface area is 131 Å². The van der Waals surface area contributed by atoms with Crippen molar-refractivity contribution in [2.75, 3.05) is 6.61 Å². The summed E-state index contributed by atoms with van der Waals surface area (Å²) in [5.74, 6) is -2.74. The molecule has 0 aliphatic heterocycles. The van der Waals surface area contributed by atoms with E-state index in [4.69, 9.17) is 11.6 Å². The smallest absolute Gasteiger partial charge is 0.244 e. The van der Waals surface area contributed by atoms with Gasteiger partial charge in [0.25, 0.3) is 0 Å². The van der Waals surface area contributed by atoms with Gasteiger partial charge >= 0.3 is 0 Å². The number of benzene rings is 2. The average molecular weight is 348 g/mol. The lowest BCUT2D eigenvalue weighted by atomic mass is 10.1. The minimum atomic E-state index is -4.34. The van der Waals surface area contributed by atoms with Crippen LogP contribution in [-0.4, -0.2) is 20.1 Å². The van der Waals surface area contributed by atoms with Crippen LogP contribution in [-0.2, 0) is 10.0 Å². The summed E-state index contributed by atoms with van der Waals surface area (Å²) < 4.78 is 53.3. The Kier molecular flexibility index (Phi) is 5.12. The number of rotatable bonds is 5. The fourth-order valence-electron chi connectivity index (χ4n) is 1.85. The van der Waals surface area contributed by atoms with Gasteiger partial charge < -0.3 is 5.11 Å². The Bertz CT molecular complexity index is 766. The zero-order valence-electron chi connectivity index (χ0n) is 11.1. The Hall–Kier alpha value is -1.54. The van der Waals surface area contributed by atoms with Crippen molar-refractivity contribution in [3.63, 3.8) is 0 Å². The van der Waals surface area contributed by atoms with Gasteiger partial charge in [-0.15, -0.1) is 0 Å². The molecule has 0 spiro atoms. The number of sulfonamides is 1. The SMILES string of the molecule is O=S(=O)(NC(CO)c1ccc(Cl)cc1)c1cccc(F)c1F. The Morgan fingerprint density at radius 2 is 1.77 bits per heavy atom. The lowest BCUT2D eigenvalue weighted by Crippen LogP contribution is -2.31. The molecule has 0 amide bonds. The maximum atomic E-state index is 13.6. The fourth-order valence-corrected chi connectivity index (χ4v) is 3.28. The third-order valence-electron chi connectivity index (χ3n) is 2.96. The topological polar surface area (TPSA) is 66.4 Å². The first-order chi connectivity index (χ1) is 10.3. The third kappa shape index (κ3) is 3.61. The van der Waals surface area contributed by atoms with E-state index in [-0.39, 0.29) is 0 Å². The normalized spacial score (nSPS) is 13.1. The van der Waals surface area contributed by atoms with E-state index in [0.29, 0.717) is 10.6 Å². The first kappa shape index (κ1) is 16.8. The summed E-state index contributed by atoms with van der Waals surface area (Å²) in [5, 5.41) is 9.80. The molecule has 22 heavy (non-hydrogen) atoms. The van der Waals surface area contributed by atoms with Crippen LogP contribution in [0.5, 0.6) is 0 Å². The second-order valence-corrected chi connectivity index (χ2v) is 6.58. The van der Waals surface area contributed by atoms with Gasteiger partial charge in [0.15, 0.2) is 11.6 Å². The number of aliphatic hydroxyl groups is 1. The van der Waals surface area contributed by atoms with E-state index < -0.39 is 39.2 Å². The Morgan fingerprint density at radius 3 is 2.36 bits per heavy atom. The average Bonchev–Trinajstić information content (AvgIpc) is 2.48. The van der Waals surface area contributed by atoms with Crippen LogP contribution in [0.25, 0.3) is 0 Å². The maximum Gasteiger partial charge on any atom is 0.244 e. The minimum Gasteiger partial charge on any atom is -0.394 e. The van der Waals surface area contributed by atoms with Crippen LogP contribution >= 0.6 is 11.6 Å².